The van der Waals surface area contributed by atoms with Gasteiger partial charge >= 0.3 is 6.18 Å². The van der Waals surface area contributed by atoms with Crippen LogP contribution in [0, 0.1) is 5.41 Å². The van der Waals surface area contributed by atoms with Crippen molar-refractivity contribution in [1.82, 2.24) is 29.6 Å². The van der Waals surface area contributed by atoms with Crippen LogP contribution < -0.4 is 4.90 Å². The van der Waals surface area contributed by atoms with Gasteiger partial charge < -0.3 is 4.90 Å². The first-order valence-electron chi connectivity index (χ1n) is 10.8. The van der Waals surface area contributed by atoms with Gasteiger partial charge in [-0.05, 0) is 42.7 Å². The van der Waals surface area contributed by atoms with Gasteiger partial charge in [0, 0.05) is 42.2 Å². The Hall–Kier alpha value is -2.72. The molecule has 3 aliphatic rings. The van der Waals surface area contributed by atoms with E-state index in [4.69, 9.17) is 11.6 Å². The number of rotatable bonds is 3. The van der Waals surface area contributed by atoms with Crippen LogP contribution in [0.1, 0.15) is 36.0 Å². The maximum Gasteiger partial charge on any atom is 0.401 e. The van der Waals surface area contributed by atoms with E-state index in [-0.39, 0.29) is 24.4 Å². The van der Waals surface area contributed by atoms with Gasteiger partial charge in [0.2, 0.25) is 0 Å². The van der Waals surface area contributed by atoms with Gasteiger partial charge in [-0.2, -0.15) is 13.2 Å². The number of halogens is 4. The lowest BCUT2D eigenvalue weighted by Gasteiger charge is -2.59. The molecule has 2 aliphatic heterocycles. The van der Waals surface area contributed by atoms with Crippen molar-refractivity contribution in [3.05, 3.63) is 59.0 Å². The molecule has 1 aromatic carbocycles. The van der Waals surface area contributed by atoms with Gasteiger partial charge in [0.1, 0.15) is 18.0 Å². The van der Waals surface area contributed by atoms with Crippen molar-refractivity contribution < 1.29 is 13.2 Å². The van der Waals surface area contributed by atoms with Crippen LogP contribution in [0.2, 0.25) is 5.02 Å². The molecule has 172 valence electrons. The third-order valence-electron chi connectivity index (χ3n) is 6.87. The Kier molecular flexibility index (Phi) is 4.67. The maximum absolute atomic E-state index is 13.2. The topological polar surface area (TPSA) is 63.0 Å². The zero-order chi connectivity index (χ0) is 22.8. The summed E-state index contributed by atoms with van der Waals surface area (Å²) >= 11 is 6.19. The van der Waals surface area contributed by atoms with Gasteiger partial charge in [-0.15, -0.1) is 10.2 Å². The average molecular weight is 476 g/mol. The molecule has 3 aromatic rings. The Labute approximate surface area is 193 Å². The fourth-order valence-corrected chi connectivity index (χ4v) is 5.74. The number of alkyl halides is 3. The summed E-state index contributed by atoms with van der Waals surface area (Å²) in [6.07, 6.45) is 0.954. The summed E-state index contributed by atoms with van der Waals surface area (Å²) in [7, 11) is 0. The molecule has 4 heterocycles. The molecule has 11 heteroatoms. The summed E-state index contributed by atoms with van der Waals surface area (Å²) in [6, 6.07) is 7.28. The number of benzene rings is 1. The molecule has 0 radical (unpaired) electrons. The van der Waals surface area contributed by atoms with Gasteiger partial charge in [-0.1, -0.05) is 11.6 Å². The molecule has 1 saturated heterocycles. The van der Waals surface area contributed by atoms with E-state index < -0.39 is 12.7 Å². The van der Waals surface area contributed by atoms with Crippen molar-refractivity contribution in [1.29, 1.82) is 0 Å². The van der Waals surface area contributed by atoms with Crippen molar-refractivity contribution in [2.75, 3.05) is 24.5 Å². The van der Waals surface area contributed by atoms with Crippen LogP contribution >= 0.6 is 11.6 Å². The fraction of sp³-hybridized carbons (Fsp3) is 0.455. The molecule has 33 heavy (non-hydrogen) atoms. The molecule has 2 aromatic heterocycles. The molecule has 2 fully saturated rings. The van der Waals surface area contributed by atoms with Gasteiger partial charge in [0.25, 0.3) is 0 Å². The van der Waals surface area contributed by atoms with Crippen LogP contribution in [0.25, 0.3) is 5.69 Å². The van der Waals surface area contributed by atoms with Crippen molar-refractivity contribution in [3.8, 4) is 5.69 Å². The fourth-order valence-electron chi connectivity index (χ4n) is 5.54. The highest BCUT2D eigenvalue weighted by molar-refractivity contribution is 6.30. The first-order valence-corrected chi connectivity index (χ1v) is 11.2. The molecule has 1 aliphatic carbocycles. The van der Waals surface area contributed by atoms with E-state index in [0.29, 0.717) is 10.8 Å². The van der Waals surface area contributed by atoms with E-state index in [1.807, 2.05) is 16.7 Å². The van der Waals surface area contributed by atoms with Crippen LogP contribution in [-0.4, -0.2) is 55.4 Å². The Bertz CT molecular complexity index is 1180. The van der Waals surface area contributed by atoms with E-state index in [2.05, 4.69) is 25.1 Å². The number of fused-ring (bicyclic) bond motifs is 3. The summed E-state index contributed by atoms with van der Waals surface area (Å²) in [5.74, 6) is 2.52. The molecule has 1 saturated carbocycles. The lowest BCUT2D eigenvalue weighted by atomic mass is 9.57. The van der Waals surface area contributed by atoms with Crippen molar-refractivity contribution in [2.45, 2.75) is 38.0 Å². The normalized spacial score (nSPS) is 20.1. The summed E-state index contributed by atoms with van der Waals surface area (Å²) in [6.45, 7) is 1.10. The molecule has 7 nitrogen and oxygen atoms in total. The van der Waals surface area contributed by atoms with Crippen molar-refractivity contribution >= 4 is 17.4 Å². The number of hydrogen-bond acceptors (Lipinski definition) is 6. The van der Waals surface area contributed by atoms with E-state index in [0.717, 1.165) is 48.8 Å². The number of hydrogen-bond donors (Lipinski definition) is 0. The predicted octanol–water partition coefficient (Wildman–Crippen LogP) is 3.97. The van der Waals surface area contributed by atoms with E-state index in [1.165, 1.54) is 4.90 Å². The van der Waals surface area contributed by atoms with Crippen molar-refractivity contribution in [3.63, 3.8) is 0 Å². The molecule has 0 N–H and O–H groups in total. The Morgan fingerprint density at radius 3 is 2.64 bits per heavy atom. The lowest BCUT2D eigenvalue weighted by Crippen LogP contribution is -2.62. The van der Waals surface area contributed by atoms with Gasteiger partial charge in [-0.25, -0.2) is 9.97 Å². The molecule has 6 rings (SSSR count). The minimum atomic E-state index is -4.29. The summed E-state index contributed by atoms with van der Waals surface area (Å²) in [5.41, 5.74) is 1.80. The van der Waals surface area contributed by atoms with Gasteiger partial charge in [0.05, 0.1) is 18.8 Å². The molecule has 0 bridgehead atoms. The summed E-state index contributed by atoms with van der Waals surface area (Å²) < 4.78 is 41.5. The molecule has 0 unspecified atom stereocenters. The second kappa shape index (κ2) is 7.39. The minimum absolute atomic E-state index is 0.0815. The Morgan fingerprint density at radius 2 is 1.91 bits per heavy atom. The van der Waals surface area contributed by atoms with Gasteiger partial charge in [0.15, 0.2) is 5.82 Å². The van der Waals surface area contributed by atoms with Crippen LogP contribution in [0.5, 0.6) is 0 Å². The Morgan fingerprint density at radius 1 is 1.09 bits per heavy atom. The molecular weight excluding hydrogens is 455 g/mol. The van der Waals surface area contributed by atoms with Crippen LogP contribution in [0.3, 0.4) is 0 Å². The number of anilines is 1. The summed E-state index contributed by atoms with van der Waals surface area (Å²) in [5, 5.41) is 9.27. The largest absolute Gasteiger partial charge is 0.401 e. The third-order valence-corrected chi connectivity index (χ3v) is 7.10. The average Bonchev–Trinajstić information content (AvgIpc) is 3.02. The van der Waals surface area contributed by atoms with Crippen LogP contribution in [-0.2, 0) is 13.1 Å². The predicted molar refractivity (Wildman–Crippen MR) is 115 cm³/mol. The van der Waals surface area contributed by atoms with E-state index in [1.54, 1.807) is 24.7 Å². The van der Waals surface area contributed by atoms with Crippen LogP contribution in [0.4, 0.5) is 19.0 Å². The summed E-state index contributed by atoms with van der Waals surface area (Å²) in [4.78, 5) is 11.9. The third kappa shape index (κ3) is 3.74. The minimum Gasteiger partial charge on any atom is -0.355 e. The first-order chi connectivity index (χ1) is 15.8. The molecule has 1 spiro atoms. The zero-order valence-corrected chi connectivity index (χ0v) is 18.4. The molecule has 0 amide bonds. The maximum atomic E-state index is 13.2. The second-order valence-electron chi connectivity index (χ2n) is 9.37. The quantitative estimate of drug-likeness (QED) is 0.571. The van der Waals surface area contributed by atoms with Crippen molar-refractivity contribution in [2.24, 2.45) is 5.41 Å². The van der Waals surface area contributed by atoms with E-state index in [9.17, 15) is 13.2 Å². The first kappa shape index (κ1) is 20.9. The lowest BCUT2D eigenvalue weighted by molar-refractivity contribution is -0.148. The highest BCUT2D eigenvalue weighted by Gasteiger charge is 2.54. The SMILES string of the molecule is FC(F)(F)CN1Cc2cc(Cl)ccc2-n2c(nnc2C2CC3(C2)CN(c2ccncn2)C3)C1. The highest BCUT2D eigenvalue weighted by Crippen LogP contribution is 2.56. The van der Waals surface area contributed by atoms with E-state index >= 15 is 0 Å². The Balaban J connectivity index is 1.25. The zero-order valence-electron chi connectivity index (χ0n) is 17.6. The second-order valence-corrected chi connectivity index (χ2v) is 9.81. The number of nitrogens with zero attached hydrogens (tertiary/aromatic N) is 7. The molecule has 0 atom stereocenters. The van der Waals surface area contributed by atoms with Gasteiger partial charge in [-0.3, -0.25) is 9.47 Å². The van der Waals surface area contributed by atoms with Crippen LogP contribution in [0.15, 0.2) is 36.8 Å². The highest BCUT2D eigenvalue weighted by atomic mass is 35.5. The molecular formula is C22H21ClF3N7. The monoisotopic (exact) mass is 475 g/mol. The number of aromatic nitrogens is 5. The standard InChI is InChI=1S/C22H21ClF3N7/c23-16-1-2-17-14(5-16)8-31(12-22(24,25)26)9-19-29-30-20(33(17)19)15-6-21(7-15)10-32(11-21)18-3-4-27-13-28-18/h1-5,13,15H,6-12H2. The smallest absolute Gasteiger partial charge is 0.355 e.